The number of carbonyl (C=O) groups is 10. The van der Waals surface area contributed by atoms with Gasteiger partial charge in [0, 0.05) is 31.7 Å². The molecule has 0 aromatic carbocycles. The first-order valence-corrected chi connectivity index (χ1v) is 22.0. The van der Waals surface area contributed by atoms with E-state index >= 15 is 0 Å². The number of aliphatic imine (C=N–C) groups is 1. The summed E-state index contributed by atoms with van der Waals surface area (Å²) in [6, 6.07) is -10.7. The molecule has 368 valence electrons. The van der Waals surface area contributed by atoms with Crippen LogP contribution in [-0.2, 0) is 47.9 Å². The van der Waals surface area contributed by atoms with E-state index in [4.69, 9.17) is 28.7 Å². The predicted molar refractivity (Wildman–Crippen MR) is 239 cm³/mol. The summed E-state index contributed by atoms with van der Waals surface area (Å²) in [7, 11) is 0. The molecule has 0 aromatic rings. The number of likely N-dealkylation sites (tertiary alicyclic amines) is 1. The Morgan fingerprint density at radius 1 is 0.662 bits per heavy atom. The second-order valence-corrected chi connectivity index (χ2v) is 16.9. The van der Waals surface area contributed by atoms with Crippen molar-refractivity contribution in [2.24, 2.45) is 45.5 Å². The first kappa shape index (κ1) is 57.3. The molecule has 0 radical (unpaired) electrons. The zero-order valence-corrected chi connectivity index (χ0v) is 38.3. The highest BCUT2D eigenvalue weighted by Crippen LogP contribution is 2.21. The van der Waals surface area contributed by atoms with Gasteiger partial charge in [-0.1, -0.05) is 27.7 Å². The number of carboxylic acids is 1. The highest BCUT2D eigenvalue weighted by Gasteiger charge is 2.40. The number of nitrogens with two attached hydrogens (primary N) is 5. The van der Waals surface area contributed by atoms with Gasteiger partial charge in [0.15, 0.2) is 5.96 Å². The van der Waals surface area contributed by atoms with E-state index in [9.17, 15) is 58.2 Å². The van der Waals surface area contributed by atoms with E-state index in [0.717, 1.165) is 0 Å². The smallest absolute Gasteiger partial charge is 0.326 e. The molecule has 0 spiro atoms. The van der Waals surface area contributed by atoms with Crippen LogP contribution < -0.4 is 60.6 Å². The molecule has 1 saturated heterocycles. The normalized spacial score (nSPS) is 16.7. The molecule has 1 heterocycles. The number of carboxylic acid groups (broad SMARTS) is 1. The zero-order chi connectivity index (χ0) is 49.6. The van der Waals surface area contributed by atoms with Crippen molar-refractivity contribution in [1.82, 2.24) is 36.8 Å². The molecular weight excluding hydrogens is 875 g/mol. The highest BCUT2D eigenvalue weighted by molar-refractivity contribution is 7.80. The number of hydrogen-bond donors (Lipinski definition) is 14. The average molecular weight is 944 g/mol. The number of hydrogen-bond acceptors (Lipinski definition) is 14. The lowest BCUT2D eigenvalue weighted by Gasteiger charge is -2.31. The molecule has 0 aliphatic carbocycles. The van der Waals surface area contributed by atoms with Crippen LogP contribution in [0, 0.1) is 11.8 Å². The number of nitrogens with zero attached hydrogens (tertiary/aromatic N) is 2. The van der Waals surface area contributed by atoms with E-state index in [1.54, 1.807) is 13.8 Å². The molecule has 0 aromatic heterocycles. The van der Waals surface area contributed by atoms with Crippen molar-refractivity contribution in [3.8, 4) is 0 Å². The van der Waals surface area contributed by atoms with Crippen LogP contribution in [0.15, 0.2) is 4.99 Å². The molecule has 1 aliphatic heterocycles. The lowest BCUT2D eigenvalue weighted by atomic mass is 10.0. The summed E-state index contributed by atoms with van der Waals surface area (Å²) in [6.45, 7) is 6.50. The second kappa shape index (κ2) is 28.9. The van der Waals surface area contributed by atoms with Crippen LogP contribution >= 0.6 is 12.6 Å². The fraction of sp³-hybridized carbons (Fsp3) is 0.718. The van der Waals surface area contributed by atoms with E-state index in [0.29, 0.717) is 12.8 Å². The minimum absolute atomic E-state index is 0.0414. The number of amides is 9. The maximum Gasteiger partial charge on any atom is 0.326 e. The Labute approximate surface area is 383 Å². The monoisotopic (exact) mass is 943 g/mol. The Bertz CT molecular complexity index is 1710. The van der Waals surface area contributed by atoms with Crippen molar-refractivity contribution in [3.63, 3.8) is 0 Å². The molecule has 1 rings (SSSR count). The summed E-state index contributed by atoms with van der Waals surface area (Å²) in [5.41, 5.74) is 27.2. The minimum Gasteiger partial charge on any atom is -0.480 e. The number of aliphatic carboxylic acids is 1. The standard InChI is InChI=1S/C39H69N13O12S/c1-19(2)15-21(40)31(56)50-26(17-53)34(59)51-27(18-65)35(60)46-22(9-11-29(41)54)33(58)49-25(16-20(3)4)37(62)52-14-6-8-28(52)36(61)47-23(10-12-30(42)55)32(57)48-24(38(63)64)7-5-13-45-39(43)44/h19-28,53,65H,5-18,40H2,1-4H3,(H2,41,54)(H2,42,55)(H,46,60)(H,47,61)(H,48,57)(H,49,58)(H,50,56)(H,51,59)(H,63,64)(H4,43,44,45)/t21-,22-,23-,24-,25-,26-,27-,28-/m0/s1. The lowest BCUT2D eigenvalue weighted by Crippen LogP contribution is -2.60. The maximum atomic E-state index is 14.2. The average Bonchev–Trinajstić information content (AvgIpc) is 3.71. The lowest BCUT2D eigenvalue weighted by molar-refractivity contribution is -0.144. The van der Waals surface area contributed by atoms with Gasteiger partial charge in [-0.25, -0.2) is 4.79 Å². The van der Waals surface area contributed by atoms with Crippen LogP contribution in [0.2, 0.25) is 0 Å². The van der Waals surface area contributed by atoms with Crippen molar-refractivity contribution < 1.29 is 58.2 Å². The van der Waals surface area contributed by atoms with Crippen LogP contribution in [0.4, 0.5) is 0 Å². The molecule has 18 N–H and O–H groups in total. The van der Waals surface area contributed by atoms with Crippen LogP contribution in [0.3, 0.4) is 0 Å². The van der Waals surface area contributed by atoms with E-state index in [-0.39, 0.29) is 81.6 Å². The number of primary amides is 2. The van der Waals surface area contributed by atoms with E-state index in [1.807, 2.05) is 13.8 Å². The molecule has 0 unspecified atom stereocenters. The quantitative estimate of drug-likeness (QED) is 0.0139. The van der Waals surface area contributed by atoms with Crippen molar-refractivity contribution in [2.45, 2.75) is 140 Å². The van der Waals surface area contributed by atoms with E-state index in [1.165, 1.54) is 4.90 Å². The Hall–Kier alpha value is -5.76. The first-order valence-electron chi connectivity index (χ1n) is 21.4. The molecule has 8 atom stereocenters. The van der Waals surface area contributed by atoms with E-state index in [2.05, 4.69) is 49.5 Å². The van der Waals surface area contributed by atoms with Crippen molar-refractivity contribution in [3.05, 3.63) is 0 Å². The van der Waals surface area contributed by atoms with Crippen LogP contribution in [0.1, 0.15) is 91.9 Å². The summed E-state index contributed by atoms with van der Waals surface area (Å²) in [4.78, 5) is 135. The van der Waals surface area contributed by atoms with Gasteiger partial charge < -0.3 is 75.7 Å². The molecule has 25 nitrogen and oxygen atoms in total. The van der Waals surface area contributed by atoms with Gasteiger partial charge in [0.1, 0.15) is 42.3 Å². The molecule has 1 fully saturated rings. The molecular formula is C39H69N13O12S. The van der Waals surface area contributed by atoms with Crippen LogP contribution in [-0.4, -0.2) is 154 Å². The molecule has 65 heavy (non-hydrogen) atoms. The van der Waals surface area contributed by atoms with Gasteiger partial charge in [-0.15, -0.1) is 0 Å². The molecule has 0 bridgehead atoms. The van der Waals surface area contributed by atoms with Crippen molar-refractivity contribution in [1.29, 1.82) is 0 Å². The number of rotatable bonds is 30. The predicted octanol–water partition coefficient (Wildman–Crippen LogP) is -5.10. The Morgan fingerprint density at radius 3 is 1.63 bits per heavy atom. The maximum absolute atomic E-state index is 14.2. The number of aliphatic hydroxyl groups is 1. The SMILES string of the molecule is CC(C)C[C@H](NC(=O)[C@H](CCC(N)=O)NC(=O)[C@H](CS)NC(=O)[C@H](CO)NC(=O)[C@@H](N)CC(C)C)C(=O)N1CCC[C@H]1C(=O)N[C@@H](CCC(N)=O)C(=O)N[C@@H](CCCN=C(N)N)C(=O)O. The number of carbonyl (C=O) groups excluding carboxylic acids is 9. The Kier molecular flexibility index (Phi) is 25.5. The fourth-order valence-electron chi connectivity index (χ4n) is 6.71. The van der Waals surface area contributed by atoms with Crippen LogP contribution in [0.25, 0.3) is 0 Å². The third-order valence-corrected chi connectivity index (χ3v) is 10.4. The number of thiol groups is 1. The van der Waals surface area contributed by atoms with Gasteiger partial charge >= 0.3 is 5.97 Å². The van der Waals surface area contributed by atoms with Gasteiger partial charge in [-0.05, 0) is 63.2 Å². The highest BCUT2D eigenvalue weighted by atomic mass is 32.1. The molecule has 9 amide bonds. The van der Waals surface area contributed by atoms with Crippen molar-refractivity contribution >= 4 is 77.7 Å². The molecule has 1 aliphatic rings. The summed E-state index contributed by atoms with van der Waals surface area (Å²) >= 11 is 4.14. The fourth-order valence-corrected chi connectivity index (χ4v) is 6.96. The summed E-state index contributed by atoms with van der Waals surface area (Å²) in [6.07, 6.45) is -0.497. The topological polar surface area (TPSA) is 429 Å². The van der Waals surface area contributed by atoms with Gasteiger partial charge in [0.2, 0.25) is 53.2 Å². The second-order valence-electron chi connectivity index (χ2n) is 16.6. The number of aliphatic hydroxyl groups excluding tert-OH is 1. The largest absolute Gasteiger partial charge is 0.480 e. The van der Waals surface area contributed by atoms with E-state index < -0.39 is 120 Å². The Morgan fingerprint density at radius 2 is 1.14 bits per heavy atom. The zero-order valence-electron chi connectivity index (χ0n) is 37.4. The van der Waals surface area contributed by atoms with Crippen molar-refractivity contribution in [2.75, 3.05) is 25.4 Å². The number of nitrogens with one attached hydrogen (secondary N) is 6. The summed E-state index contributed by atoms with van der Waals surface area (Å²) in [5.74, 6) is -9.65. The van der Waals surface area contributed by atoms with Gasteiger partial charge in [0.25, 0.3) is 0 Å². The third kappa shape index (κ3) is 21.2. The van der Waals surface area contributed by atoms with Gasteiger partial charge in [-0.2, -0.15) is 12.6 Å². The first-order chi connectivity index (χ1) is 30.4. The minimum atomic E-state index is -1.50. The molecule has 26 heteroatoms. The third-order valence-electron chi connectivity index (χ3n) is 10.0. The van der Waals surface area contributed by atoms with Crippen LogP contribution in [0.5, 0.6) is 0 Å². The Balaban J connectivity index is 3.28. The van der Waals surface area contributed by atoms with Gasteiger partial charge in [0.05, 0.1) is 12.6 Å². The summed E-state index contributed by atoms with van der Waals surface area (Å²) in [5, 5.41) is 34.2. The van der Waals surface area contributed by atoms with Gasteiger partial charge in [-0.3, -0.25) is 48.1 Å². The number of guanidine groups is 1. The summed E-state index contributed by atoms with van der Waals surface area (Å²) < 4.78 is 0. The molecule has 0 saturated carbocycles.